The number of alkyl carbamates (subject to hydrolysis) is 2. The summed E-state index contributed by atoms with van der Waals surface area (Å²) in [6.45, 7) is 4.95. The maximum atomic E-state index is 14.0. The van der Waals surface area contributed by atoms with Gasteiger partial charge in [-0.3, -0.25) is 9.59 Å². The first kappa shape index (κ1) is 40.8. The lowest BCUT2D eigenvalue weighted by Gasteiger charge is -2.30. The molecule has 2 saturated heterocycles. The number of amides is 4. The number of carbonyl (C=O) groups excluding carboxylic acids is 4. The van der Waals surface area contributed by atoms with Crippen LogP contribution in [0.2, 0.25) is 0 Å². The molecule has 6 aromatic rings. The van der Waals surface area contributed by atoms with Crippen molar-refractivity contribution in [2.75, 3.05) is 27.3 Å². The lowest BCUT2D eigenvalue weighted by molar-refractivity contribution is -0.135. The van der Waals surface area contributed by atoms with Gasteiger partial charge in [0.05, 0.1) is 49.2 Å². The van der Waals surface area contributed by atoms with Gasteiger partial charge in [0.15, 0.2) is 0 Å². The van der Waals surface area contributed by atoms with E-state index in [2.05, 4.69) is 86.2 Å². The van der Waals surface area contributed by atoms with Gasteiger partial charge in [0.1, 0.15) is 23.7 Å². The molecule has 14 heteroatoms. The molecule has 314 valence electrons. The van der Waals surface area contributed by atoms with Gasteiger partial charge >= 0.3 is 12.2 Å². The molecule has 0 aliphatic carbocycles. The average molecular weight is 823 g/mol. The maximum absolute atomic E-state index is 14.0. The molecule has 0 radical (unpaired) electrons. The molecule has 4 amide bonds. The predicted molar refractivity (Wildman–Crippen MR) is 231 cm³/mol. The monoisotopic (exact) mass is 822 g/mol. The molecule has 14 nitrogen and oxygen atoms in total. The van der Waals surface area contributed by atoms with Crippen LogP contribution >= 0.6 is 0 Å². The molecule has 4 atom stereocenters. The largest absolute Gasteiger partial charge is 0.453 e. The molecule has 0 unspecified atom stereocenters. The molecule has 0 saturated carbocycles. The predicted octanol–water partition coefficient (Wildman–Crippen LogP) is 8.09. The van der Waals surface area contributed by atoms with Gasteiger partial charge in [0.2, 0.25) is 5.91 Å². The molecule has 2 fully saturated rings. The van der Waals surface area contributed by atoms with Crippen LogP contribution in [0.3, 0.4) is 0 Å². The number of benzene rings is 4. The molecule has 2 aromatic heterocycles. The van der Waals surface area contributed by atoms with Crippen LogP contribution in [0.5, 0.6) is 0 Å². The first-order valence-electron chi connectivity index (χ1n) is 20.7. The Morgan fingerprint density at radius 3 is 1.85 bits per heavy atom. The number of likely N-dealkylation sites (tertiary alicyclic amines) is 2. The van der Waals surface area contributed by atoms with E-state index in [0.717, 1.165) is 76.1 Å². The van der Waals surface area contributed by atoms with Crippen molar-refractivity contribution in [3.05, 3.63) is 120 Å². The number of aromatic nitrogens is 4. The zero-order valence-electron chi connectivity index (χ0n) is 34.7. The molecule has 0 spiro atoms. The molecule has 4 aromatic carbocycles. The van der Waals surface area contributed by atoms with Gasteiger partial charge < -0.3 is 39.9 Å². The van der Waals surface area contributed by atoms with Crippen LogP contribution in [0, 0.1) is 5.92 Å². The Hall–Kier alpha value is -6.96. The second-order valence-corrected chi connectivity index (χ2v) is 15.9. The SMILES string of the molecule is COC(=O)N[C@H](C(=O)N1CCC[C@H]1c1ncc(-c2ccc(-c3ccc(-c4ccc5nc([C@@H]6CCCN6C(=O)[C@H](NC(=O)OC)c6ccccc6)[nH]c5c4)cc3)cc2)[nH]1)C(C)C. The van der Waals surface area contributed by atoms with Crippen molar-refractivity contribution in [2.45, 2.75) is 63.7 Å². The van der Waals surface area contributed by atoms with Crippen molar-refractivity contribution in [1.82, 2.24) is 40.4 Å². The maximum Gasteiger partial charge on any atom is 0.407 e. The number of hydrogen-bond acceptors (Lipinski definition) is 8. The van der Waals surface area contributed by atoms with Gasteiger partial charge in [-0.2, -0.15) is 0 Å². The molecule has 8 rings (SSSR count). The fraction of sp³-hybridized carbons (Fsp3) is 0.319. The highest BCUT2D eigenvalue weighted by Gasteiger charge is 2.39. The third kappa shape index (κ3) is 8.56. The van der Waals surface area contributed by atoms with E-state index in [9.17, 15) is 19.2 Å². The second kappa shape index (κ2) is 17.7. The van der Waals surface area contributed by atoms with E-state index in [1.807, 2.05) is 61.3 Å². The minimum Gasteiger partial charge on any atom is -0.453 e. The van der Waals surface area contributed by atoms with E-state index in [0.29, 0.717) is 24.5 Å². The quantitative estimate of drug-likeness (QED) is 0.101. The normalized spacial score (nSPS) is 17.3. The van der Waals surface area contributed by atoms with Crippen molar-refractivity contribution >= 4 is 35.0 Å². The number of rotatable bonds is 11. The van der Waals surface area contributed by atoms with Crippen molar-refractivity contribution in [3.8, 4) is 33.5 Å². The number of fused-ring (bicyclic) bond motifs is 1. The van der Waals surface area contributed by atoms with E-state index < -0.39 is 24.3 Å². The molecule has 61 heavy (non-hydrogen) atoms. The molecule has 2 aliphatic rings. The summed E-state index contributed by atoms with van der Waals surface area (Å²) in [6, 6.07) is 30.0. The fourth-order valence-electron chi connectivity index (χ4n) is 8.50. The van der Waals surface area contributed by atoms with Gasteiger partial charge in [-0.1, -0.05) is 98.8 Å². The van der Waals surface area contributed by atoms with Crippen LogP contribution in [0.1, 0.15) is 74.9 Å². The van der Waals surface area contributed by atoms with Crippen molar-refractivity contribution in [1.29, 1.82) is 0 Å². The van der Waals surface area contributed by atoms with Crippen molar-refractivity contribution in [3.63, 3.8) is 0 Å². The average Bonchev–Trinajstić information content (AvgIpc) is 4.13. The summed E-state index contributed by atoms with van der Waals surface area (Å²) in [5.41, 5.74) is 8.45. The Labute approximate surface area is 354 Å². The Balaban J connectivity index is 0.938. The minimum absolute atomic E-state index is 0.107. The Morgan fingerprint density at radius 2 is 1.23 bits per heavy atom. The summed E-state index contributed by atoms with van der Waals surface area (Å²) in [5.74, 6) is 0.986. The Morgan fingerprint density at radius 1 is 0.672 bits per heavy atom. The lowest BCUT2D eigenvalue weighted by atomic mass is 9.99. The highest BCUT2D eigenvalue weighted by molar-refractivity contribution is 5.88. The third-order valence-corrected chi connectivity index (χ3v) is 11.8. The standard InChI is InChI=1S/C47H50N8O6/c1-28(2)40(52-46(58)60-3)44(56)54-24-8-12-38(54)42-48-27-37(51-42)32-20-18-30(19-21-32)29-14-16-31(17-15-29)34-22-23-35-36(26-34)50-43(49-35)39-13-9-25-55(39)45(57)41(53-47(59)61-4)33-10-6-5-7-11-33/h5-7,10-11,14-23,26-28,38-41H,8-9,12-13,24-25H2,1-4H3,(H,48,51)(H,49,50)(H,52,58)(H,53,59)/t38-,39-,40-,41+/m0/s1. The summed E-state index contributed by atoms with van der Waals surface area (Å²) in [4.78, 5) is 71.9. The van der Waals surface area contributed by atoms with Crippen molar-refractivity contribution in [2.24, 2.45) is 5.92 Å². The van der Waals surface area contributed by atoms with E-state index in [1.165, 1.54) is 14.2 Å². The highest BCUT2D eigenvalue weighted by Crippen LogP contribution is 2.36. The number of nitrogens with zero attached hydrogens (tertiary/aromatic N) is 4. The smallest absolute Gasteiger partial charge is 0.407 e. The molecule has 0 bridgehead atoms. The van der Waals surface area contributed by atoms with E-state index in [-0.39, 0.29) is 29.8 Å². The fourth-order valence-corrected chi connectivity index (χ4v) is 8.50. The number of aromatic amines is 2. The molecule has 4 heterocycles. The van der Waals surface area contributed by atoms with Crippen LogP contribution < -0.4 is 10.6 Å². The summed E-state index contributed by atoms with van der Waals surface area (Å²) >= 11 is 0. The number of imidazole rings is 2. The first-order chi connectivity index (χ1) is 29.6. The van der Waals surface area contributed by atoms with Crippen LogP contribution in [-0.4, -0.2) is 87.1 Å². The lowest BCUT2D eigenvalue weighted by Crippen LogP contribution is -2.51. The molecule has 2 aliphatic heterocycles. The van der Waals surface area contributed by atoms with Gasteiger partial charge in [-0.15, -0.1) is 0 Å². The van der Waals surface area contributed by atoms with Crippen molar-refractivity contribution < 1.29 is 28.7 Å². The third-order valence-electron chi connectivity index (χ3n) is 11.8. The van der Waals surface area contributed by atoms with Gasteiger partial charge in [0, 0.05) is 13.1 Å². The first-order valence-corrected chi connectivity index (χ1v) is 20.7. The summed E-state index contributed by atoms with van der Waals surface area (Å²) in [6.07, 6.45) is 3.71. The molecular weight excluding hydrogens is 773 g/mol. The number of nitrogens with one attached hydrogen (secondary N) is 4. The zero-order valence-corrected chi connectivity index (χ0v) is 34.7. The zero-order chi connectivity index (χ0) is 42.6. The van der Waals surface area contributed by atoms with Gasteiger partial charge in [0.25, 0.3) is 5.91 Å². The van der Waals surface area contributed by atoms with Gasteiger partial charge in [-0.25, -0.2) is 19.6 Å². The van der Waals surface area contributed by atoms with E-state index >= 15 is 0 Å². The summed E-state index contributed by atoms with van der Waals surface area (Å²) in [5, 5.41) is 5.42. The number of methoxy groups -OCH3 is 2. The van der Waals surface area contributed by atoms with E-state index in [4.69, 9.17) is 14.5 Å². The number of carbonyl (C=O) groups is 4. The molecule has 4 N–H and O–H groups in total. The van der Waals surface area contributed by atoms with Gasteiger partial charge in [-0.05, 0) is 77.1 Å². The van der Waals surface area contributed by atoms with Crippen LogP contribution in [0.15, 0.2) is 103 Å². The second-order valence-electron chi connectivity index (χ2n) is 15.9. The summed E-state index contributed by atoms with van der Waals surface area (Å²) < 4.78 is 9.61. The van der Waals surface area contributed by atoms with Crippen LogP contribution in [0.25, 0.3) is 44.5 Å². The van der Waals surface area contributed by atoms with E-state index in [1.54, 1.807) is 4.90 Å². The Kier molecular flexibility index (Phi) is 11.9. The minimum atomic E-state index is -0.882. The Bertz CT molecular complexity index is 2520. The number of ether oxygens (including phenoxy) is 2. The summed E-state index contributed by atoms with van der Waals surface area (Å²) in [7, 11) is 2.57. The number of H-pyrrole nitrogens is 2. The van der Waals surface area contributed by atoms with Crippen LogP contribution in [-0.2, 0) is 19.1 Å². The number of hydrogen-bond donors (Lipinski definition) is 4. The molecular formula is C47H50N8O6. The highest BCUT2D eigenvalue weighted by atomic mass is 16.5. The van der Waals surface area contributed by atoms with Crippen LogP contribution in [0.4, 0.5) is 9.59 Å². The topological polar surface area (TPSA) is 175 Å².